The number of nitrogens with one attached hydrogen (secondary N) is 2. The van der Waals surface area contributed by atoms with Crippen molar-refractivity contribution in [1.29, 1.82) is 0 Å². The first kappa shape index (κ1) is 15.6. The Morgan fingerprint density at radius 3 is 2.56 bits per heavy atom. The molecule has 0 fully saturated rings. The van der Waals surface area contributed by atoms with E-state index in [-0.39, 0.29) is 0 Å². The fourth-order valence-electron chi connectivity index (χ4n) is 3.47. The van der Waals surface area contributed by atoms with E-state index in [0.717, 1.165) is 42.7 Å². The fraction of sp³-hybridized carbons (Fsp3) is 0.200. The summed E-state index contributed by atoms with van der Waals surface area (Å²) in [5.74, 6) is -1.07. The molecule has 2 aromatic carbocycles. The minimum atomic E-state index is -0.595. The van der Waals surface area contributed by atoms with Crippen molar-refractivity contribution in [1.82, 2.24) is 9.88 Å². The Bertz CT molecular complexity index is 944. The largest absolute Gasteiger partial charge is 0.343 e. The molecule has 0 aliphatic carbocycles. The normalized spacial score (nSPS) is 13.9. The molecule has 1 aliphatic heterocycles. The molecule has 0 saturated carbocycles. The second-order valence-corrected chi connectivity index (χ2v) is 6.14. The Balaban J connectivity index is 1.76. The fourth-order valence-corrected chi connectivity index (χ4v) is 3.47. The van der Waals surface area contributed by atoms with Gasteiger partial charge in [0.25, 0.3) is 11.7 Å². The summed E-state index contributed by atoms with van der Waals surface area (Å²) >= 11 is 0. The number of Topliss-reactive ketones (excluding diaryl/α,β-unsaturated/α-hetero) is 1. The van der Waals surface area contributed by atoms with Gasteiger partial charge in [-0.05, 0) is 18.2 Å². The van der Waals surface area contributed by atoms with Crippen LogP contribution in [0.15, 0.2) is 54.6 Å². The Morgan fingerprint density at radius 2 is 1.72 bits per heavy atom. The maximum atomic E-state index is 13.0. The third-order valence-corrected chi connectivity index (χ3v) is 4.59. The highest BCUT2D eigenvalue weighted by Gasteiger charge is 2.27. The predicted molar refractivity (Wildman–Crippen MR) is 97.9 cm³/mol. The molecule has 0 unspecified atom stereocenters. The molecule has 4 rings (SSSR count). The molecule has 2 heterocycles. The summed E-state index contributed by atoms with van der Waals surface area (Å²) in [6, 6.07) is 16.9. The van der Waals surface area contributed by atoms with E-state index in [9.17, 15) is 9.59 Å². The number of rotatable bonds is 3. The van der Waals surface area contributed by atoms with Crippen LogP contribution in [0.3, 0.4) is 0 Å². The Labute approximate surface area is 145 Å². The van der Waals surface area contributed by atoms with Gasteiger partial charge in [0.2, 0.25) is 0 Å². The average Bonchev–Trinajstić information content (AvgIpc) is 2.79. The monoisotopic (exact) mass is 333 g/mol. The lowest BCUT2D eigenvalue weighted by Gasteiger charge is -2.07. The number of benzene rings is 2. The van der Waals surface area contributed by atoms with Crippen molar-refractivity contribution in [3.05, 3.63) is 65.9 Å². The lowest BCUT2D eigenvalue weighted by Crippen LogP contribution is -2.24. The molecular formula is C20H19N3O2. The van der Waals surface area contributed by atoms with Crippen LogP contribution in [0.4, 0.5) is 5.69 Å². The maximum absolute atomic E-state index is 13.0. The van der Waals surface area contributed by atoms with Gasteiger partial charge in [-0.1, -0.05) is 36.4 Å². The minimum absolute atomic E-state index is 0.476. The van der Waals surface area contributed by atoms with Gasteiger partial charge in [0.1, 0.15) is 0 Å². The van der Waals surface area contributed by atoms with Crippen molar-refractivity contribution in [2.24, 2.45) is 0 Å². The number of aromatic nitrogens is 1. The highest BCUT2D eigenvalue weighted by Crippen LogP contribution is 2.28. The van der Waals surface area contributed by atoms with E-state index in [0.29, 0.717) is 11.3 Å². The molecule has 25 heavy (non-hydrogen) atoms. The van der Waals surface area contributed by atoms with Crippen LogP contribution in [0.2, 0.25) is 0 Å². The molecular weight excluding hydrogens is 314 g/mol. The van der Waals surface area contributed by atoms with Gasteiger partial charge in [0.15, 0.2) is 0 Å². The highest BCUT2D eigenvalue weighted by molar-refractivity contribution is 6.48. The van der Waals surface area contributed by atoms with Gasteiger partial charge in [0, 0.05) is 48.3 Å². The van der Waals surface area contributed by atoms with Crippen LogP contribution in [0.25, 0.3) is 10.9 Å². The van der Waals surface area contributed by atoms with Gasteiger partial charge in [-0.25, -0.2) is 0 Å². The first-order chi connectivity index (χ1) is 12.3. The van der Waals surface area contributed by atoms with E-state index >= 15 is 0 Å². The number of hydrogen-bond donors (Lipinski definition) is 2. The van der Waals surface area contributed by atoms with E-state index in [2.05, 4.69) is 15.2 Å². The highest BCUT2D eigenvalue weighted by atomic mass is 16.2. The van der Waals surface area contributed by atoms with Crippen molar-refractivity contribution >= 4 is 28.3 Å². The summed E-state index contributed by atoms with van der Waals surface area (Å²) in [6.07, 6.45) is 0.731. The molecule has 126 valence electrons. The second kappa shape index (κ2) is 6.53. The van der Waals surface area contributed by atoms with Gasteiger partial charge in [-0.3, -0.25) is 9.59 Å². The zero-order chi connectivity index (χ0) is 17.2. The van der Waals surface area contributed by atoms with Gasteiger partial charge in [-0.2, -0.15) is 0 Å². The average molecular weight is 333 g/mol. The first-order valence-electron chi connectivity index (χ1n) is 8.47. The zero-order valence-corrected chi connectivity index (χ0v) is 13.8. The summed E-state index contributed by atoms with van der Waals surface area (Å²) in [5.41, 5.74) is 3.11. The number of carbonyl (C=O) groups excluding carboxylic acids is 2. The minimum Gasteiger partial charge on any atom is -0.343 e. The number of amides is 1. The van der Waals surface area contributed by atoms with Crippen molar-refractivity contribution in [3.63, 3.8) is 0 Å². The molecule has 3 aromatic rings. The summed E-state index contributed by atoms with van der Waals surface area (Å²) in [6.45, 7) is 2.45. The van der Waals surface area contributed by atoms with Crippen LogP contribution in [-0.4, -0.2) is 29.3 Å². The van der Waals surface area contributed by atoms with E-state index in [1.54, 1.807) is 12.1 Å². The smallest absolute Gasteiger partial charge is 0.296 e. The second-order valence-electron chi connectivity index (χ2n) is 6.14. The predicted octanol–water partition coefficient (Wildman–Crippen LogP) is 2.61. The van der Waals surface area contributed by atoms with Crippen LogP contribution in [0, 0.1) is 0 Å². The first-order valence-corrected chi connectivity index (χ1v) is 8.47. The molecule has 1 aliphatic rings. The van der Waals surface area contributed by atoms with Crippen molar-refractivity contribution < 1.29 is 9.59 Å². The molecule has 1 amide bonds. The summed E-state index contributed by atoms with van der Waals surface area (Å²) < 4.78 is 2.17. The van der Waals surface area contributed by atoms with Crippen LogP contribution in [0.1, 0.15) is 16.1 Å². The SMILES string of the molecule is O=C(Nc1ccccc1)C(=O)c1c2n(c3ccccc13)CCNCC2. The molecule has 0 spiro atoms. The third-order valence-electron chi connectivity index (χ3n) is 4.59. The number of nitrogens with zero attached hydrogens (tertiary/aromatic N) is 1. The van der Waals surface area contributed by atoms with Crippen molar-refractivity contribution in [2.45, 2.75) is 13.0 Å². The lowest BCUT2D eigenvalue weighted by molar-refractivity contribution is -0.112. The molecule has 0 bridgehead atoms. The molecule has 0 atom stereocenters. The van der Waals surface area contributed by atoms with Gasteiger partial charge < -0.3 is 15.2 Å². The van der Waals surface area contributed by atoms with Crippen LogP contribution in [0.5, 0.6) is 0 Å². The topological polar surface area (TPSA) is 63.1 Å². The number of carbonyl (C=O) groups is 2. The molecule has 0 saturated heterocycles. The lowest BCUT2D eigenvalue weighted by atomic mass is 10.0. The van der Waals surface area contributed by atoms with Crippen LogP contribution in [-0.2, 0) is 17.8 Å². The quantitative estimate of drug-likeness (QED) is 0.572. The van der Waals surface area contributed by atoms with Crippen molar-refractivity contribution in [2.75, 3.05) is 18.4 Å². The van der Waals surface area contributed by atoms with E-state index < -0.39 is 11.7 Å². The molecule has 5 nitrogen and oxygen atoms in total. The van der Waals surface area contributed by atoms with Gasteiger partial charge in [0.05, 0.1) is 5.56 Å². The number of ketones is 1. The van der Waals surface area contributed by atoms with Crippen LogP contribution < -0.4 is 10.6 Å². The Morgan fingerprint density at radius 1 is 0.960 bits per heavy atom. The number of hydrogen-bond acceptors (Lipinski definition) is 3. The number of fused-ring (bicyclic) bond motifs is 3. The molecule has 1 aromatic heterocycles. The standard InChI is InChI=1S/C20H19N3O2/c24-19(20(25)22-14-6-2-1-3-7-14)18-15-8-4-5-9-16(15)23-13-12-21-11-10-17(18)23/h1-9,21H,10-13H2,(H,22,25). The molecule has 0 radical (unpaired) electrons. The van der Waals surface area contributed by atoms with Gasteiger partial charge >= 0.3 is 0 Å². The maximum Gasteiger partial charge on any atom is 0.296 e. The number of anilines is 1. The van der Waals surface area contributed by atoms with E-state index in [1.165, 1.54) is 0 Å². The van der Waals surface area contributed by atoms with Crippen molar-refractivity contribution in [3.8, 4) is 0 Å². The summed E-state index contributed by atoms with van der Waals surface area (Å²) in [7, 11) is 0. The van der Waals surface area contributed by atoms with Crippen LogP contribution >= 0.6 is 0 Å². The Hall–Kier alpha value is -2.92. The number of para-hydroxylation sites is 2. The Kier molecular flexibility index (Phi) is 4.07. The molecule has 5 heteroatoms. The van der Waals surface area contributed by atoms with Gasteiger partial charge in [-0.15, -0.1) is 0 Å². The molecule has 2 N–H and O–H groups in total. The zero-order valence-electron chi connectivity index (χ0n) is 13.8. The van der Waals surface area contributed by atoms with E-state index in [4.69, 9.17) is 0 Å². The van der Waals surface area contributed by atoms with E-state index in [1.807, 2.05) is 42.5 Å². The summed E-state index contributed by atoms with van der Waals surface area (Å²) in [4.78, 5) is 25.5. The third kappa shape index (κ3) is 2.83. The summed E-state index contributed by atoms with van der Waals surface area (Å²) in [5, 5.41) is 6.91.